The van der Waals surface area contributed by atoms with Gasteiger partial charge in [0.2, 0.25) is 0 Å². The highest BCUT2D eigenvalue weighted by Crippen LogP contribution is 2.26. The normalized spacial score (nSPS) is 24.8. The number of ether oxygens (including phenoxy) is 1. The van der Waals surface area contributed by atoms with Crippen LogP contribution in [0.2, 0.25) is 0 Å². The molecular weight excluding hydrogens is 276 g/mol. The summed E-state index contributed by atoms with van der Waals surface area (Å²) in [5.74, 6) is -2.13. The molecule has 2 unspecified atom stereocenters. The molecule has 1 aliphatic heterocycles. The molecule has 2 atom stereocenters. The van der Waals surface area contributed by atoms with Gasteiger partial charge in [0.25, 0.3) is 0 Å². The molecule has 0 aliphatic carbocycles. The number of nitrogens with zero attached hydrogens (tertiary/aromatic N) is 1. The molecule has 21 heavy (non-hydrogen) atoms. The van der Waals surface area contributed by atoms with E-state index >= 15 is 0 Å². The van der Waals surface area contributed by atoms with Crippen molar-refractivity contribution in [3.05, 3.63) is 35.4 Å². The van der Waals surface area contributed by atoms with Crippen molar-refractivity contribution in [2.75, 3.05) is 20.2 Å². The Morgan fingerprint density at radius 2 is 2.10 bits per heavy atom. The van der Waals surface area contributed by atoms with Crippen molar-refractivity contribution >= 4 is 5.78 Å². The van der Waals surface area contributed by atoms with E-state index in [0.717, 1.165) is 31.5 Å². The van der Waals surface area contributed by atoms with Gasteiger partial charge >= 0.3 is 0 Å². The molecule has 1 aromatic rings. The molecule has 0 amide bonds. The molecular formula is C16H21F2NO2. The lowest BCUT2D eigenvalue weighted by atomic mass is 9.92. The Balaban J connectivity index is 2.13. The maximum Gasteiger partial charge on any atom is 0.179 e. The van der Waals surface area contributed by atoms with E-state index in [0.29, 0.717) is 6.54 Å². The van der Waals surface area contributed by atoms with E-state index in [9.17, 15) is 13.6 Å². The maximum absolute atomic E-state index is 13.3. The molecule has 0 aromatic heterocycles. The Morgan fingerprint density at radius 1 is 1.38 bits per heavy atom. The van der Waals surface area contributed by atoms with Crippen LogP contribution >= 0.6 is 0 Å². The molecule has 1 aromatic carbocycles. The molecule has 0 radical (unpaired) electrons. The summed E-state index contributed by atoms with van der Waals surface area (Å²) in [7, 11) is 1.67. The van der Waals surface area contributed by atoms with E-state index in [4.69, 9.17) is 4.74 Å². The molecule has 5 heteroatoms. The summed E-state index contributed by atoms with van der Waals surface area (Å²) in [5.41, 5.74) is -0.0630. The van der Waals surface area contributed by atoms with Crippen LogP contribution in [0.25, 0.3) is 0 Å². The van der Waals surface area contributed by atoms with E-state index in [1.807, 2.05) is 11.8 Å². The molecule has 1 aliphatic rings. The first kappa shape index (κ1) is 16.0. The topological polar surface area (TPSA) is 29.5 Å². The number of Topliss-reactive ketones (excluding diaryl/α,β-unsaturated/α-hetero) is 1. The lowest BCUT2D eigenvalue weighted by molar-refractivity contribution is -0.0563. The monoisotopic (exact) mass is 297 g/mol. The highest BCUT2D eigenvalue weighted by atomic mass is 19.2. The fourth-order valence-corrected chi connectivity index (χ4v) is 2.80. The number of halogens is 2. The van der Waals surface area contributed by atoms with E-state index in [2.05, 4.69) is 0 Å². The second-order valence-corrected chi connectivity index (χ2v) is 5.90. The number of carbonyl (C=O) groups excluding carboxylic acids is 1. The highest BCUT2D eigenvalue weighted by Gasteiger charge is 2.35. The second-order valence-electron chi connectivity index (χ2n) is 5.90. The minimum Gasteiger partial charge on any atom is -0.377 e. The van der Waals surface area contributed by atoms with Crippen LogP contribution in [-0.2, 0) is 4.74 Å². The van der Waals surface area contributed by atoms with Crippen molar-refractivity contribution < 1.29 is 18.3 Å². The quantitative estimate of drug-likeness (QED) is 0.800. The maximum atomic E-state index is 13.3. The molecule has 0 N–H and O–H groups in total. The molecule has 1 heterocycles. The van der Waals surface area contributed by atoms with E-state index < -0.39 is 11.6 Å². The fraction of sp³-hybridized carbons (Fsp3) is 0.562. The van der Waals surface area contributed by atoms with Gasteiger partial charge in [-0.3, -0.25) is 9.69 Å². The van der Waals surface area contributed by atoms with E-state index in [-0.39, 0.29) is 23.0 Å². The summed E-state index contributed by atoms with van der Waals surface area (Å²) in [6.45, 7) is 5.27. The van der Waals surface area contributed by atoms with Crippen molar-refractivity contribution in [1.29, 1.82) is 0 Å². The lowest BCUT2D eigenvalue weighted by Crippen LogP contribution is -2.52. The Morgan fingerprint density at radius 3 is 2.71 bits per heavy atom. The van der Waals surface area contributed by atoms with Crippen LogP contribution in [0.4, 0.5) is 8.78 Å². The third-order valence-corrected chi connectivity index (χ3v) is 4.31. The summed E-state index contributed by atoms with van der Waals surface area (Å²) >= 11 is 0. The average Bonchev–Trinajstić information content (AvgIpc) is 2.48. The zero-order chi connectivity index (χ0) is 15.6. The Labute approximate surface area is 123 Å². The Bertz CT molecular complexity index is 535. The number of carbonyl (C=O) groups is 1. The standard InChI is InChI=1S/C16H21F2NO2/c1-11(19-8-4-7-16(2,10-19)21-3)15(20)12-5-6-13(17)14(18)9-12/h5-6,9,11H,4,7-8,10H2,1-3H3. The van der Waals surface area contributed by atoms with Crippen molar-refractivity contribution in [3.63, 3.8) is 0 Å². The Kier molecular flexibility index (Phi) is 4.74. The van der Waals surface area contributed by atoms with Crippen LogP contribution in [0.1, 0.15) is 37.0 Å². The van der Waals surface area contributed by atoms with Gasteiger partial charge in [-0.2, -0.15) is 0 Å². The molecule has 0 saturated carbocycles. The molecule has 1 fully saturated rings. The predicted molar refractivity (Wildman–Crippen MR) is 76.4 cm³/mol. The summed E-state index contributed by atoms with van der Waals surface area (Å²) in [5, 5.41) is 0. The van der Waals surface area contributed by atoms with Crippen molar-refractivity contribution in [2.45, 2.75) is 38.3 Å². The summed E-state index contributed by atoms with van der Waals surface area (Å²) in [4.78, 5) is 14.5. The Hall–Kier alpha value is -1.33. The number of hydrogen-bond acceptors (Lipinski definition) is 3. The second kappa shape index (κ2) is 6.20. The number of hydrogen-bond donors (Lipinski definition) is 0. The summed E-state index contributed by atoms with van der Waals surface area (Å²) in [6, 6.07) is 2.90. The number of likely N-dealkylation sites (tertiary alicyclic amines) is 1. The third kappa shape index (κ3) is 3.47. The lowest BCUT2D eigenvalue weighted by Gasteiger charge is -2.41. The van der Waals surface area contributed by atoms with Gasteiger partial charge in [-0.1, -0.05) is 0 Å². The van der Waals surface area contributed by atoms with Crippen LogP contribution in [0.3, 0.4) is 0 Å². The first-order valence-corrected chi connectivity index (χ1v) is 7.15. The van der Waals surface area contributed by atoms with Crippen LogP contribution in [-0.4, -0.2) is 42.5 Å². The van der Waals surface area contributed by atoms with E-state index in [1.165, 1.54) is 6.07 Å². The van der Waals surface area contributed by atoms with Gasteiger partial charge in [-0.25, -0.2) is 8.78 Å². The van der Waals surface area contributed by atoms with Crippen LogP contribution < -0.4 is 0 Å². The smallest absolute Gasteiger partial charge is 0.179 e. The molecule has 116 valence electrons. The van der Waals surface area contributed by atoms with Gasteiger partial charge < -0.3 is 4.74 Å². The van der Waals surface area contributed by atoms with Crippen molar-refractivity contribution in [2.24, 2.45) is 0 Å². The third-order valence-electron chi connectivity index (χ3n) is 4.31. The zero-order valence-electron chi connectivity index (χ0n) is 12.7. The van der Waals surface area contributed by atoms with Crippen LogP contribution in [0.15, 0.2) is 18.2 Å². The molecule has 1 saturated heterocycles. The average molecular weight is 297 g/mol. The molecule has 3 nitrogen and oxygen atoms in total. The molecule has 2 rings (SSSR count). The predicted octanol–water partition coefficient (Wildman–Crippen LogP) is 3.04. The minimum atomic E-state index is -0.992. The van der Waals surface area contributed by atoms with Gasteiger partial charge in [0, 0.05) is 19.2 Å². The molecule has 0 bridgehead atoms. The van der Waals surface area contributed by atoms with Gasteiger partial charge in [-0.15, -0.1) is 0 Å². The zero-order valence-corrected chi connectivity index (χ0v) is 12.7. The van der Waals surface area contributed by atoms with Gasteiger partial charge in [0.1, 0.15) is 0 Å². The van der Waals surface area contributed by atoms with Gasteiger partial charge in [-0.05, 0) is 51.4 Å². The van der Waals surface area contributed by atoms with Crippen LogP contribution in [0, 0.1) is 11.6 Å². The molecule has 0 spiro atoms. The first-order valence-electron chi connectivity index (χ1n) is 7.15. The van der Waals surface area contributed by atoms with Gasteiger partial charge in [0.05, 0.1) is 11.6 Å². The van der Waals surface area contributed by atoms with Crippen molar-refractivity contribution in [3.8, 4) is 0 Å². The van der Waals surface area contributed by atoms with Gasteiger partial charge in [0.15, 0.2) is 17.4 Å². The first-order chi connectivity index (χ1) is 9.86. The summed E-state index contributed by atoms with van der Waals surface area (Å²) in [6.07, 6.45) is 1.89. The van der Waals surface area contributed by atoms with E-state index in [1.54, 1.807) is 14.0 Å². The number of methoxy groups -OCH3 is 1. The summed E-state index contributed by atoms with van der Waals surface area (Å²) < 4.78 is 31.7. The number of benzene rings is 1. The highest BCUT2D eigenvalue weighted by molar-refractivity contribution is 5.99. The minimum absolute atomic E-state index is 0.200. The van der Waals surface area contributed by atoms with Crippen LogP contribution in [0.5, 0.6) is 0 Å². The SMILES string of the molecule is COC1(C)CCCN(C(C)C(=O)c2ccc(F)c(F)c2)C1. The number of rotatable bonds is 4. The van der Waals surface area contributed by atoms with Crippen molar-refractivity contribution in [1.82, 2.24) is 4.90 Å². The number of piperidine rings is 1. The largest absolute Gasteiger partial charge is 0.377 e. The fourth-order valence-electron chi connectivity index (χ4n) is 2.80. The number of ketones is 1.